The number of hydrogen-bond donors (Lipinski definition) is 1. The highest BCUT2D eigenvalue weighted by atomic mass is 32.2. The molecule has 200 valence electrons. The molecule has 1 amide bonds. The first-order chi connectivity index (χ1) is 19.6. The molecule has 6 rings (SSSR count). The van der Waals surface area contributed by atoms with Gasteiger partial charge in [-0.15, -0.1) is 22.7 Å². The van der Waals surface area contributed by atoms with Crippen LogP contribution in [0.4, 0.5) is 5.69 Å². The molecule has 1 N–H and O–H groups in total. The van der Waals surface area contributed by atoms with Crippen molar-refractivity contribution in [3.05, 3.63) is 108 Å². The van der Waals surface area contributed by atoms with Gasteiger partial charge in [-0.25, -0.2) is 9.97 Å². The first-order valence-electron chi connectivity index (χ1n) is 12.8. The maximum atomic E-state index is 12.7. The monoisotopic (exact) mass is 599 g/mol. The number of benzene rings is 4. The normalized spacial score (nSPS) is 11.3. The van der Waals surface area contributed by atoms with Gasteiger partial charge in [0.05, 0.1) is 38.0 Å². The number of anilines is 1. The number of nitrogens with one attached hydrogen (secondary N) is 1. The molecule has 0 saturated heterocycles. The summed E-state index contributed by atoms with van der Waals surface area (Å²) in [6, 6.07) is 32.8. The van der Waals surface area contributed by atoms with Gasteiger partial charge in [0, 0.05) is 5.69 Å². The van der Waals surface area contributed by atoms with Crippen LogP contribution in [0.15, 0.2) is 106 Å². The van der Waals surface area contributed by atoms with E-state index in [0.717, 1.165) is 40.5 Å². The van der Waals surface area contributed by atoms with Crippen molar-refractivity contribution >= 4 is 78.2 Å². The lowest BCUT2D eigenvalue weighted by Crippen LogP contribution is -2.13. The number of rotatable bonds is 10. The topological polar surface area (TPSA) is 64.1 Å². The molecule has 2 heterocycles. The van der Waals surface area contributed by atoms with Crippen LogP contribution in [0.2, 0.25) is 0 Å². The average molecular weight is 600 g/mol. The van der Waals surface area contributed by atoms with Crippen molar-refractivity contribution in [2.24, 2.45) is 0 Å². The zero-order valence-corrected chi connectivity index (χ0v) is 24.8. The van der Waals surface area contributed by atoms with Gasteiger partial charge in [-0.2, -0.15) is 0 Å². The Balaban J connectivity index is 1.12. The third kappa shape index (κ3) is 6.33. The molecule has 0 aliphatic rings. The second-order valence-corrected chi connectivity index (χ2v) is 13.5. The fourth-order valence-corrected chi connectivity index (χ4v) is 8.57. The number of aromatic nitrogens is 2. The number of nitrogens with zero attached hydrogens (tertiary/aromatic N) is 2. The number of thiazole rings is 2. The molecule has 0 spiro atoms. The van der Waals surface area contributed by atoms with E-state index in [9.17, 15) is 4.79 Å². The minimum Gasteiger partial charge on any atom is -0.494 e. The fraction of sp³-hybridized carbons (Fsp3) is 0.129. The lowest BCUT2D eigenvalue weighted by molar-refractivity contribution is -0.113. The van der Waals surface area contributed by atoms with E-state index in [0.29, 0.717) is 6.61 Å². The predicted molar refractivity (Wildman–Crippen MR) is 170 cm³/mol. The molecule has 0 unspecified atom stereocenters. The Morgan fingerprint density at radius 2 is 1.45 bits per heavy atom. The summed E-state index contributed by atoms with van der Waals surface area (Å²) >= 11 is 6.42. The highest BCUT2D eigenvalue weighted by Gasteiger charge is 2.18. The van der Waals surface area contributed by atoms with E-state index in [1.165, 1.54) is 22.9 Å². The van der Waals surface area contributed by atoms with Gasteiger partial charge in [0.15, 0.2) is 8.68 Å². The molecule has 0 fully saturated rings. The molecule has 0 atom stereocenters. The smallest absolute Gasteiger partial charge is 0.234 e. The zero-order valence-electron chi connectivity index (χ0n) is 21.6. The second kappa shape index (κ2) is 12.4. The molecule has 9 heteroatoms. The van der Waals surface area contributed by atoms with Gasteiger partial charge in [-0.3, -0.25) is 4.79 Å². The van der Waals surface area contributed by atoms with Crippen molar-refractivity contribution in [3.8, 4) is 5.75 Å². The Morgan fingerprint density at radius 3 is 2.15 bits per heavy atom. The van der Waals surface area contributed by atoms with Crippen LogP contribution in [0, 0.1) is 0 Å². The summed E-state index contributed by atoms with van der Waals surface area (Å²) in [4.78, 5) is 22.3. The quantitative estimate of drug-likeness (QED) is 0.159. The minimum absolute atomic E-state index is 0.0639. The maximum absolute atomic E-state index is 12.7. The summed E-state index contributed by atoms with van der Waals surface area (Å²) < 4.78 is 9.54. The van der Waals surface area contributed by atoms with Gasteiger partial charge in [-0.1, -0.05) is 84.2 Å². The number of carbonyl (C=O) groups is 1. The third-order valence-electron chi connectivity index (χ3n) is 6.05. The first-order valence-corrected chi connectivity index (χ1v) is 16.3. The highest BCUT2D eigenvalue weighted by Crippen LogP contribution is 2.43. The van der Waals surface area contributed by atoms with Crippen LogP contribution in [0.25, 0.3) is 20.4 Å². The van der Waals surface area contributed by atoms with E-state index in [-0.39, 0.29) is 16.9 Å². The Kier molecular flexibility index (Phi) is 8.34. The molecule has 6 aromatic rings. The van der Waals surface area contributed by atoms with E-state index in [1.54, 1.807) is 34.4 Å². The largest absolute Gasteiger partial charge is 0.494 e. The van der Waals surface area contributed by atoms with Crippen molar-refractivity contribution in [2.75, 3.05) is 17.7 Å². The van der Waals surface area contributed by atoms with Crippen molar-refractivity contribution in [1.82, 2.24) is 9.97 Å². The second-order valence-electron chi connectivity index (χ2n) is 8.86. The van der Waals surface area contributed by atoms with E-state index in [4.69, 9.17) is 9.72 Å². The van der Waals surface area contributed by atoms with Gasteiger partial charge >= 0.3 is 0 Å². The van der Waals surface area contributed by atoms with Gasteiger partial charge < -0.3 is 10.1 Å². The predicted octanol–water partition coefficient (Wildman–Crippen LogP) is 8.92. The van der Waals surface area contributed by atoms with E-state index < -0.39 is 0 Å². The Labute approximate surface area is 249 Å². The van der Waals surface area contributed by atoms with Crippen LogP contribution in [-0.2, 0) is 4.79 Å². The molecule has 0 radical (unpaired) electrons. The molecule has 0 saturated carbocycles. The Bertz CT molecular complexity index is 1710. The summed E-state index contributed by atoms with van der Waals surface area (Å²) in [7, 11) is 0. The first kappa shape index (κ1) is 26.8. The number of ether oxygens (including phenoxy) is 1. The highest BCUT2D eigenvalue weighted by molar-refractivity contribution is 8.02. The van der Waals surface area contributed by atoms with E-state index in [1.807, 2.05) is 55.5 Å². The summed E-state index contributed by atoms with van der Waals surface area (Å²) in [5, 5.41) is 3.18. The third-order valence-corrected chi connectivity index (χ3v) is 10.6. The van der Waals surface area contributed by atoms with Crippen LogP contribution in [0.5, 0.6) is 5.75 Å². The number of fused-ring (bicyclic) bond motifs is 2. The SMILES string of the molecule is CCOc1ccc2nc(SCC(=O)Nc3ccc4nc(SC(c5ccccc5)c5ccccc5)sc4c3)sc2c1. The van der Waals surface area contributed by atoms with Crippen molar-refractivity contribution in [2.45, 2.75) is 20.9 Å². The van der Waals surface area contributed by atoms with Crippen LogP contribution >= 0.6 is 46.2 Å². The lowest BCUT2D eigenvalue weighted by atomic mass is 10.0. The average Bonchev–Trinajstić information content (AvgIpc) is 3.58. The van der Waals surface area contributed by atoms with E-state index in [2.05, 4.69) is 58.8 Å². The van der Waals surface area contributed by atoms with Gasteiger partial charge in [0.25, 0.3) is 0 Å². The summed E-state index contributed by atoms with van der Waals surface area (Å²) in [6.07, 6.45) is 0. The summed E-state index contributed by atoms with van der Waals surface area (Å²) in [6.45, 7) is 2.59. The van der Waals surface area contributed by atoms with Crippen molar-refractivity contribution in [3.63, 3.8) is 0 Å². The number of thioether (sulfide) groups is 2. The number of hydrogen-bond acceptors (Lipinski definition) is 8. The zero-order chi connectivity index (χ0) is 27.3. The van der Waals surface area contributed by atoms with Gasteiger partial charge in [0.2, 0.25) is 5.91 Å². The number of amides is 1. The Hall–Kier alpha value is -3.37. The minimum atomic E-state index is -0.0639. The van der Waals surface area contributed by atoms with Crippen LogP contribution in [-0.4, -0.2) is 28.2 Å². The molecule has 4 aromatic carbocycles. The molecule has 5 nitrogen and oxygen atoms in total. The molecule has 0 aliphatic heterocycles. The standard InChI is InChI=1S/C31H25N3O2S4/c1-2-36-23-14-16-25-27(18-23)38-30(33-25)37-19-28(35)32-22-13-15-24-26(17-22)39-31(34-24)40-29(20-9-5-3-6-10-20)21-11-7-4-8-12-21/h3-18,29H,2,19H2,1H3,(H,32,35). The lowest BCUT2D eigenvalue weighted by Gasteiger charge is -2.16. The van der Waals surface area contributed by atoms with Crippen LogP contribution < -0.4 is 10.1 Å². The molecular formula is C31H25N3O2S4. The van der Waals surface area contributed by atoms with Gasteiger partial charge in [-0.05, 0) is 54.4 Å². The van der Waals surface area contributed by atoms with Crippen LogP contribution in [0.1, 0.15) is 23.3 Å². The number of carbonyl (C=O) groups excluding carboxylic acids is 1. The summed E-state index contributed by atoms with van der Waals surface area (Å²) in [5.41, 5.74) is 5.10. The molecule has 0 bridgehead atoms. The molecule has 40 heavy (non-hydrogen) atoms. The summed E-state index contributed by atoms with van der Waals surface area (Å²) in [5.74, 6) is 1.06. The fourth-order valence-electron chi connectivity index (χ4n) is 4.24. The molecular weight excluding hydrogens is 575 g/mol. The molecule has 0 aliphatic carbocycles. The maximum Gasteiger partial charge on any atom is 0.234 e. The van der Waals surface area contributed by atoms with Crippen LogP contribution in [0.3, 0.4) is 0 Å². The van der Waals surface area contributed by atoms with E-state index >= 15 is 0 Å². The Morgan fingerprint density at radius 1 is 0.825 bits per heavy atom. The molecule has 2 aromatic heterocycles. The van der Waals surface area contributed by atoms with Gasteiger partial charge in [0.1, 0.15) is 5.75 Å². The van der Waals surface area contributed by atoms with Crippen molar-refractivity contribution < 1.29 is 9.53 Å². The van der Waals surface area contributed by atoms with Crippen molar-refractivity contribution in [1.29, 1.82) is 0 Å².